The van der Waals surface area contributed by atoms with Gasteiger partial charge in [0.25, 0.3) is 5.91 Å². The van der Waals surface area contributed by atoms with Crippen molar-refractivity contribution in [3.8, 4) is 0 Å². The number of ether oxygens (including phenoxy) is 1. The average Bonchev–Trinajstić information content (AvgIpc) is 2.47. The van der Waals surface area contributed by atoms with E-state index in [-0.39, 0.29) is 5.91 Å². The molecule has 20 heavy (non-hydrogen) atoms. The van der Waals surface area contributed by atoms with Crippen molar-refractivity contribution in [2.45, 2.75) is 6.42 Å². The Hall–Kier alpha value is -2.07. The Morgan fingerprint density at radius 3 is 2.90 bits per heavy atom. The van der Waals surface area contributed by atoms with Crippen LogP contribution in [0.25, 0.3) is 10.8 Å². The molecule has 4 nitrogen and oxygen atoms in total. The largest absolute Gasteiger partial charge is 0.502 e. The fourth-order valence-corrected chi connectivity index (χ4v) is 2.09. The molecule has 5 heteroatoms. The molecular weight excluding hydrogens is 276 g/mol. The summed E-state index contributed by atoms with van der Waals surface area (Å²) in [5.74, 6) is -0.163. The van der Waals surface area contributed by atoms with E-state index >= 15 is 0 Å². The summed E-state index contributed by atoms with van der Waals surface area (Å²) in [6.45, 7) is 4.52. The SMILES string of the molecule is C=COCCCNC(=O)c1cnc(Cl)c2ccccc12. The van der Waals surface area contributed by atoms with Crippen LogP contribution < -0.4 is 5.32 Å². The van der Waals surface area contributed by atoms with Gasteiger partial charge in [-0.3, -0.25) is 4.79 Å². The first-order valence-corrected chi connectivity index (χ1v) is 6.66. The van der Waals surface area contributed by atoms with Crippen LogP contribution in [0.4, 0.5) is 0 Å². The van der Waals surface area contributed by atoms with Gasteiger partial charge in [0, 0.05) is 18.1 Å². The monoisotopic (exact) mass is 290 g/mol. The van der Waals surface area contributed by atoms with Gasteiger partial charge in [-0.05, 0) is 11.8 Å². The number of nitrogens with one attached hydrogen (secondary N) is 1. The van der Waals surface area contributed by atoms with Crippen molar-refractivity contribution in [3.05, 3.63) is 54.0 Å². The molecule has 1 aromatic heterocycles. The van der Waals surface area contributed by atoms with E-state index in [1.807, 2.05) is 24.3 Å². The zero-order valence-corrected chi connectivity index (χ0v) is 11.7. The van der Waals surface area contributed by atoms with Crippen molar-refractivity contribution >= 4 is 28.3 Å². The molecule has 2 rings (SSSR count). The second-order valence-electron chi connectivity index (χ2n) is 4.16. The highest BCUT2D eigenvalue weighted by Crippen LogP contribution is 2.23. The fraction of sp³-hybridized carbons (Fsp3) is 0.200. The van der Waals surface area contributed by atoms with Gasteiger partial charge in [-0.2, -0.15) is 0 Å². The summed E-state index contributed by atoms with van der Waals surface area (Å²) >= 11 is 6.03. The highest BCUT2D eigenvalue weighted by atomic mass is 35.5. The van der Waals surface area contributed by atoms with E-state index in [4.69, 9.17) is 16.3 Å². The summed E-state index contributed by atoms with van der Waals surface area (Å²) in [4.78, 5) is 16.2. The molecule has 1 heterocycles. The summed E-state index contributed by atoms with van der Waals surface area (Å²) in [5, 5.41) is 4.81. The van der Waals surface area contributed by atoms with Gasteiger partial charge in [0.1, 0.15) is 5.15 Å². The number of aromatic nitrogens is 1. The maximum Gasteiger partial charge on any atom is 0.253 e. The van der Waals surface area contributed by atoms with Crippen LogP contribution in [0.2, 0.25) is 5.15 Å². The van der Waals surface area contributed by atoms with Gasteiger partial charge < -0.3 is 10.1 Å². The Labute approximate surface area is 122 Å². The van der Waals surface area contributed by atoms with E-state index in [1.165, 1.54) is 12.5 Å². The Balaban J connectivity index is 2.10. The van der Waals surface area contributed by atoms with Crippen LogP contribution in [0.15, 0.2) is 43.3 Å². The van der Waals surface area contributed by atoms with E-state index in [2.05, 4.69) is 16.9 Å². The molecule has 1 amide bonds. The maximum absolute atomic E-state index is 12.1. The third-order valence-electron chi connectivity index (χ3n) is 2.83. The van der Waals surface area contributed by atoms with Crippen LogP contribution in [-0.2, 0) is 4.74 Å². The number of hydrogen-bond acceptors (Lipinski definition) is 3. The molecule has 0 spiro atoms. The first-order chi connectivity index (χ1) is 9.74. The van der Waals surface area contributed by atoms with Crippen LogP contribution in [-0.4, -0.2) is 24.0 Å². The molecule has 2 aromatic rings. The van der Waals surface area contributed by atoms with Crippen LogP contribution in [0.1, 0.15) is 16.8 Å². The lowest BCUT2D eigenvalue weighted by atomic mass is 10.1. The minimum absolute atomic E-state index is 0.163. The topological polar surface area (TPSA) is 51.2 Å². The number of halogens is 1. The number of nitrogens with zero attached hydrogens (tertiary/aromatic N) is 1. The standard InChI is InChI=1S/C15H15ClN2O2/c1-2-20-9-5-8-17-15(19)13-10-18-14(16)12-7-4-3-6-11(12)13/h2-4,6-7,10H,1,5,8-9H2,(H,17,19). The summed E-state index contributed by atoms with van der Waals surface area (Å²) in [7, 11) is 0. The first kappa shape index (κ1) is 14.3. The summed E-state index contributed by atoms with van der Waals surface area (Å²) in [6.07, 6.45) is 3.61. The minimum Gasteiger partial charge on any atom is -0.502 e. The Kier molecular flexibility index (Phi) is 4.96. The molecule has 0 aliphatic carbocycles. The van der Waals surface area contributed by atoms with E-state index < -0.39 is 0 Å². The number of pyridine rings is 1. The molecule has 0 atom stereocenters. The van der Waals surface area contributed by atoms with Gasteiger partial charge in [-0.1, -0.05) is 42.4 Å². The highest BCUT2D eigenvalue weighted by Gasteiger charge is 2.11. The van der Waals surface area contributed by atoms with Crippen molar-refractivity contribution in [2.75, 3.05) is 13.2 Å². The molecule has 1 N–H and O–H groups in total. The van der Waals surface area contributed by atoms with Crippen molar-refractivity contribution in [1.29, 1.82) is 0 Å². The number of carbonyl (C=O) groups excluding carboxylic acids is 1. The molecule has 0 saturated carbocycles. The third kappa shape index (κ3) is 3.27. The average molecular weight is 291 g/mol. The smallest absolute Gasteiger partial charge is 0.253 e. The van der Waals surface area contributed by atoms with Crippen LogP contribution >= 0.6 is 11.6 Å². The van der Waals surface area contributed by atoms with Gasteiger partial charge >= 0.3 is 0 Å². The summed E-state index contributed by atoms with van der Waals surface area (Å²) in [5.41, 5.74) is 0.523. The van der Waals surface area contributed by atoms with Crippen molar-refractivity contribution in [2.24, 2.45) is 0 Å². The second kappa shape index (κ2) is 6.91. The zero-order chi connectivity index (χ0) is 14.4. The van der Waals surface area contributed by atoms with Gasteiger partial charge in [-0.15, -0.1) is 0 Å². The van der Waals surface area contributed by atoms with Crippen LogP contribution in [0.3, 0.4) is 0 Å². The third-order valence-corrected chi connectivity index (χ3v) is 3.13. The molecule has 0 unspecified atom stereocenters. The summed E-state index contributed by atoms with van der Waals surface area (Å²) in [6, 6.07) is 7.44. The summed E-state index contributed by atoms with van der Waals surface area (Å²) < 4.78 is 4.99. The van der Waals surface area contributed by atoms with E-state index in [0.717, 1.165) is 17.2 Å². The van der Waals surface area contributed by atoms with Crippen molar-refractivity contribution in [3.63, 3.8) is 0 Å². The Morgan fingerprint density at radius 1 is 1.40 bits per heavy atom. The molecule has 0 radical (unpaired) electrons. The quantitative estimate of drug-likeness (QED) is 0.505. The maximum atomic E-state index is 12.1. The number of hydrogen-bond donors (Lipinski definition) is 1. The highest BCUT2D eigenvalue weighted by molar-refractivity contribution is 6.34. The number of amides is 1. The van der Waals surface area contributed by atoms with E-state index in [9.17, 15) is 4.79 Å². The lowest BCUT2D eigenvalue weighted by Gasteiger charge is -2.08. The minimum atomic E-state index is -0.163. The molecule has 0 aliphatic heterocycles. The first-order valence-electron chi connectivity index (χ1n) is 6.28. The predicted octanol–water partition coefficient (Wildman–Crippen LogP) is 3.17. The normalized spacial score (nSPS) is 10.2. The lowest BCUT2D eigenvalue weighted by Crippen LogP contribution is -2.25. The predicted molar refractivity (Wildman–Crippen MR) is 79.9 cm³/mol. The van der Waals surface area contributed by atoms with Crippen molar-refractivity contribution < 1.29 is 9.53 Å². The number of benzene rings is 1. The Bertz CT molecular complexity index is 628. The van der Waals surface area contributed by atoms with E-state index in [1.54, 1.807) is 0 Å². The lowest BCUT2D eigenvalue weighted by molar-refractivity contribution is 0.0952. The molecule has 104 valence electrons. The fourth-order valence-electron chi connectivity index (χ4n) is 1.88. The number of fused-ring (bicyclic) bond motifs is 1. The molecule has 0 bridgehead atoms. The van der Waals surface area contributed by atoms with Gasteiger partial charge in [0.05, 0.1) is 18.4 Å². The Morgan fingerprint density at radius 2 is 2.15 bits per heavy atom. The van der Waals surface area contributed by atoms with Crippen LogP contribution in [0, 0.1) is 0 Å². The van der Waals surface area contributed by atoms with Crippen molar-refractivity contribution in [1.82, 2.24) is 10.3 Å². The van der Waals surface area contributed by atoms with E-state index in [0.29, 0.717) is 23.9 Å². The number of carbonyl (C=O) groups is 1. The molecule has 1 aromatic carbocycles. The van der Waals surface area contributed by atoms with Gasteiger partial charge in [-0.25, -0.2) is 4.98 Å². The number of rotatable bonds is 6. The molecule has 0 saturated heterocycles. The molecule has 0 fully saturated rings. The second-order valence-corrected chi connectivity index (χ2v) is 4.51. The zero-order valence-electron chi connectivity index (χ0n) is 10.9. The molecule has 0 aliphatic rings. The van der Waals surface area contributed by atoms with Crippen LogP contribution in [0.5, 0.6) is 0 Å². The van der Waals surface area contributed by atoms with Gasteiger partial charge in [0.2, 0.25) is 0 Å². The van der Waals surface area contributed by atoms with Gasteiger partial charge in [0.15, 0.2) is 0 Å². The molecular formula is C15H15ClN2O2.